The first kappa shape index (κ1) is 20.3. The van der Waals surface area contributed by atoms with Crippen molar-refractivity contribution in [1.29, 1.82) is 0 Å². The van der Waals surface area contributed by atoms with Crippen molar-refractivity contribution in [2.24, 2.45) is 0 Å². The Balaban J connectivity index is 1.61. The summed E-state index contributed by atoms with van der Waals surface area (Å²) < 4.78 is 5.43. The molecule has 3 amide bonds. The Morgan fingerprint density at radius 3 is 2.45 bits per heavy atom. The van der Waals surface area contributed by atoms with Crippen LogP contribution >= 0.6 is 11.3 Å². The number of carbonyl (C=O) groups excluding carboxylic acids is 3. The van der Waals surface area contributed by atoms with Crippen molar-refractivity contribution >= 4 is 34.1 Å². The standard InChI is InChI=1S/C20H28N4O4S/c1-20(2,24-7-9-28-10-8-24)19(27)23-6-5-13-14(11-23)29-18-16(13)17(26)21(3)12-15(25)22(18)4/h5-12H2,1-4H3. The Labute approximate surface area is 175 Å². The maximum absolute atomic E-state index is 13.4. The summed E-state index contributed by atoms with van der Waals surface area (Å²) in [6.45, 7) is 7.90. The van der Waals surface area contributed by atoms with Crippen LogP contribution in [-0.2, 0) is 27.3 Å². The maximum Gasteiger partial charge on any atom is 0.257 e. The van der Waals surface area contributed by atoms with Gasteiger partial charge in [-0.15, -0.1) is 11.3 Å². The van der Waals surface area contributed by atoms with Crippen molar-refractivity contribution in [2.75, 3.05) is 58.4 Å². The number of hydrogen-bond donors (Lipinski definition) is 0. The molecule has 1 fully saturated rings. The summed E-state index contributed by atoms with van der Waals surface area (Å²) in [6.07, 6.45) is 0.633. The molecular formula is C20H28N4O4S. The lowest BCUT2D eigenvalue weighted by atomic mass is 9.96. The van der Waals surface area contributed by atoms with Gasteiger partial charge in [0, 0.05) is 38.6 Å². The molecule has 0 N–H and O–H groups in total. The molecule has 4 heterocycles. The molecule has 29 heavy (non-hydrogen) atoms. The van der Waals surface area contributed by atoms with Crippen LogP contribution in [0.5, 0.6) is 0 Å². The summed E-state index contributed by atoms with van der Waals surface area (Å²) in [5.74, 6) is -0.107. The van der Waals surface area contributed by atoms with Gasteiger partial charge < -0.3 is 19.4 Å². The minimum atomic E-state index is -0.599. The van der Waals surface area contributed by atoms with E-state index in [2.05, 4.69) is 4.90 Å². The molecule has 0 atom stereocenters. The van der Waals surface area contributed by atoms with Gasteiger partial charge in [0.25, 0.3) is 5.91 Å². The Morgan fingerprint density at radius 2 is 1.76 bits per heavy atom. The zero-order chi connectivity index (χ0) is 20.9. The SMILES string of the molecule is CN1CC(=O)N(C)c2sc3c(c2C1=O)CCN(C(=O)C(C)(C)N1CCOCC1)C3. The van der Waals surface area contributed by atoms with Crippen molar-refractivity contribution in [3.05, 3.63) is 16.0 Å². The molecule has 4 rings (SSSR count). The van der Waals surface area contributed by atoms with Crippen LogP contribution in [0.4, 0.5) is 5.00 Å². The van der Waals surface area contributed by atoms with Gasteiger partial charge in [0.2, 0.25) is 11.8 Å². The highest BCUT2D eigenvalue weighted by Gasteiger charge is 2.41. The summed E-state index contributed by atoms with van der Waals surface area (Å²) in [6, 6.07) is 0. The van der Waals surface area contributed by atoms with Crippen LogP contribution in [-0.4, -0.2) is 91.4 Å². The van der Waals surface area contributed by atoms with Gasteiger partial charge in [-0.3, -0.25) is 19.3 Å². The zero-order valence-corrected chi connectivity index (χ0v) is 18.3. The highest BCUT2D eigenvalue weighted by atomic mass is 32.1. The molecule has 0 saturated carbocycles. The summed E-state index contributed by atoms with van der Waals surface area (Å²) in [7, 11) is 3.39. The van der Waals surface area contributed by atoms with Crippen LogP contribution in [0.3, 0.4) is 0 Å². The second kappa shape index (κ2) is 7.37. The molecule has 9 heteroatoms. The van der Waals surface area contributed by atoms with E-state index in [4.69, 9.17) is 4.74 Å². The summed E-state index contributed by atoms with van der Waals surface area (Å²) >= 11 is 1.47. The van der Waals surface area contributed by atoms with Crippen molar-refractivity contribution < 1.29 is 19.1 Å². The second-order valence-electron chi connectivity index (χ2n) is 8.43. The van der Waals surface area contributed by atoms with Gasteiger partial charge in [-0.1, -0.05) is 0 Å². The van der Waals surface area contributed by atoms with Crippen LogP contribution in [0.1, 0.15) is 34.6 Å². The summed E-state index contributed by atoms with van der Waals surface area (Å²) in [5, 5.41) is 0.705. The van der Waals surface area contributed by atoms with Crippen molar-refractivity contribution in [2.45, 2.75) is 32.4 Å². The number of anilines is 1. The van der Waals surface area contributed by atoms with Gasteiger partial charge in [0.15, 0.2) is 0 Å². The second-order valence-corrected chi connectivity index (χ2v) is 9.52. The van der Waals surface area contributed by atoms with Crippen LogP contribution in [0.25, 0.3) is 0 Å². The number of thiophene rings is 1. The van der Waals surface area contributed by atoms with Crippen molar-refractivity contribution in [3.63, 3.8) is 0 Å². The fourth-order valence-corrected chi connectivity index (χ4v) is 5.68. The summed E-state index contributed by atoms with van der Waals surface area (Å²) in [5.41, 5.74) is 1.04. The Kier molecular flexibility index (Phi) is 5.16. The largest absolute Gasteiger partial charge is 0.379 e. The molecule has 158 valence electrons. The molecule has 0 bridgehead atoms. The van der Waals surface area contributed by atoms with Gasteiger partial charge in [0.1, 0.15) is 11.5 Å². The molecular weight excluding hydrogens is 392 g/mol. The molecule has 0 unspecified atom stereocenters. The third-order valence-corrected chi connectivity index (χ3v) is 7.56. The van der Waals surface area contributed by atoms with E-state index < -0.39 is 5.54 Å². The molecule has 3 aliphatic heterocycles. The first-order valence-corrected chi connectivity index (χ1v) is 10.8. The monoisotopic (exact) mass is 420 g/mol. The van der Waals surface area contributed by atoms with Crippen LogP contribution in [0.15, 0.2) is 0 Å². The van der Waals surface area contributed by atoms with E-state index in [1.54, 1.807) is 19.0 Å². The Bertz CT molecular complexity index is 859. The highest BCUT2D eigenvalue weighted by Crippen LogP contribution is 2.41. The first-order valence-electron chi connectivity index (χ1n) is 10.0. The van der Waals surface area contributed by atoms with Crippen molar-refractivity contribution in [1.82, 2.24) is 14.7 Å². The molecule has 0 aromatic carbocycles. The number of fused-ring (bicyclic) bond motifs is 3. The molecule has 0 radical (unpaired) electrons. The van der Waals surface area contributed by atoms with Crippen LogP contribution in [0, 0.1) is 0 Å². The number of carbonyl (C=O) groups is 3. The number of morpholine rings is 1. The maximum atomic E-state index is 13.4. The minimum Gasteiger partial charge on any atom is -0.379 e. The molecule has 8 nitrogen and oxygen atoms in total. The third-order valence-electron chi connectivity index (χ3n) is 6.26. The normalized spacial score (nSPS) is 21.2. The Morgan fingerprint density at radius 1 is 1.07 bits per heavy atom. The van der Waals surface area contributed by atoms with E-state index in [9.17, 15) is 14.4 Å². The van der Waals surface area contributed by atoms with Gasteiger partial charge in [-0.05, 0) is 25.8 Å². The predicted molar refractivity (Wildman–Crippen MR) is 110 cm³/mol. The average Bonchev–Trinajstić information content (AvgIpc) is 3.07. The van der Waals surface area contributed by atoms with E-state index in [1.807, 2.05) is 18.7 Å². The third kappa shape index (κ3) is 3.35. The molecule has 3 aliphatic rings. The minimum absolute atomic E-state index is 0.0872. The molecule has 1 saturated heterocycles. The smallest absolute Gasteiger partial charge is 0.257 e. The van der Waals surface area contributed by atoms with Crippen LogP contribution in [0.2, 0.25) is 0 Å². The fraction of sp³-hybridized carbons (Fsp3) is 0.650. The lowest BCUT2D eigenvalue weighted by Gasteiger charge is -2.43. The molecule has 0 spiro atoms. The van der Waals surface area contributed by atoms with E-state index in [0.29, 0.717) is 43.3 Å². The van der Waals surface area contributed by atoms with Gasteiger partial charge in [-0.25, -0.2) is 0 Å². The van der Waals surface area contributed by atoms with Gasteiger partial charge >= 0.3 is 0 Å². The van der Waals surface area contributed by atoms with Crippen LogP contribution < -0.4 is 4.90 Å². The van der Waals surface area contributed by atoms with Gasteiger partial charge in [-0.2, -0.15) is 0 Å². The van der Waals surface area contributed by atoms with E-state index >= 15 is 0 Å². The number of hydrogen-bond acceptors (Lipinski definition) is 6. The summed E-state index contributed by atoms with van der Waals surface area (Å²) in [4.78, 5) is 46.8. The lowest BCUT2D eigenvalue weighted by Crippen LogP contribution is -2.59. The van der Waals surface area contributed by atoms with E-state index in [1.165, 1.54) is 16.2 Å². The van der Waals surface area contributed by atoms with Crippen molar-refractivity contribution in [3.8, 4) is 0 Å². The zero-order valence-electron chi connectivity index (χ0n) is 17.5. The number of likely N-dealkylation sites (N-methyl/N-ethyl adjacent to an activating group) is 2. The average molecular weight is 421 g/mol. The lowest BCUT2D eigenvalue weighted by molar-refractivity contribution is -0.146. The molecule has 1 aromatic heterocycles. The Hall–Kier alpha value is -1.97. The topological polar surface area (TPSA) is 73.4 Å². The number of ether oxygens (including phenoxy) is 1. The number of amides is 3. The first-order chi connectivity index (χ1) is 13.7. The predicted octanol–water partition coefficient (Wildman–Crippen LogP) is 0.792. The quantitative estimate of drug-likeness (QED) is 0.707. The van der Waals surface area contributed by atoms with E-state index in [-0.39, 0.29) is 24.3 Å². The fourth-order valence-electron chi connectivity index (χ4n) is 4.35. The number of nitrogens with zero attached hydrogens (tertiary/aromatic N) is 4. The molecule has 1 aromatic rings. The molecule has 0 aliphatic carbocycles. The highest BCUT2D eigenvalue weighted by molar-refractivity contribution is 7.17. The number of rotatable bonds is 2. The van der Waals surface area contributed by atoms with Gasteiger partial charge in [0.05, 0.1) is 30.9 Å². The van der Waals surface area contributed by atoms with E-state index in [0.717, 1.165) is 23.5 Å².